The van der Waals surface area contributed by atoms with Crippen LogP contribution in [0, 0.1) is 18.3 Å². The minimum atomic E-state index is -0.572. The Hall–Kier alpha value is -2.00. The Balaban J connectivity index is 2.28. The third kappa shape index (κ3) is 1.17. The highest BCUT2D eigenvalue weighted by atomic mass is 16.5. The van der Waals surface area contributed by atoms with Crippen LogP contribution >= 0.6 is 0 Å². The summed E-state index contributed by atoms with van der Waals surface area (Å²) in [6, 6.07) is 2.20. The lowest BCUT2D eigenvalue weighted by molar-refractivity contribution is 0.102. The van der Waals surface area contributed by atoms with Crippen molar-refractivity contribution in [3.63, 3.8) is 0 Å². The van der Waals surface area contributed by atoms with E-state index in [-0.39, 0.29) is 6.10 Å². The third-order valence-corrected chi connectivity index (χ3v) is 3.79. The zero-order chi connectivity index (χ0) is 12.9. The molecule has 3 heterocycles. The quantitative estimate of drug-likeness (QED) is 0.712. The van der Waals surface area contributed by atoms with Crippen LogP contribution in [0.4, 0.5) is 5.88 Å². The van der Waals surface area contributed by atoms with Crippen LogP contribution in [0.3, 0.4) is 0 Å². The Kier molecular flexibility index (Phi) is 2.16. The Morgan fingerprint density at radius 2 is 2.39 bits per heavy atom. The van der Waals surface area contributed by atoms with Gasteiger partial charge in [0.25, 0.3) is 0 Å². The largest absolute Gasteiger partial charge is 0.425 e. The number of ether oxygens (including phenoxy) is 1. The van der Waals surface area contributed by atoms with Crippen molar-refractivity contribution in [3.05, 3.63) is 23.0 Å². The van der Waals surface area contributed by atoms with Crippen LogP contribution in [-0.2, 0) is 10.2 Å². The molecule has 0 radical (unpaired) electrons. The summed E-state index contributed by atoms with van der Waals surface area (Å²) in [7, 11) is 0. The number of oxazole rings is 1. The molecule has 6 nitrogen and oxygen atoms in total. The van der Waals surface area contributed by atoms with Crippen molar-refractivity contribution in [3.8, 4) is 6.07 Å². The van der Waals surface area contributed by atoms with Gasteiger partial charge in [0.15, 0.2) is 5.89 Å². The van der Waals surface area contributed by atoms with Crippen LogP contribution in [0.2, 0.25) is 0 Å². The first kappa shape index (κ1) is 11.1. The van der Waals surface area contributed by atoms with E-state index in [9.17, 15) is 5.26 Å². The molecule has 1 spiro atoms. The SMILES string of the molecule is Cc1nc2c(o1)NC(N)=C(C#N)C21CCOC1C. The lowest BCUT2D eigenvalue weighted by atomic mass is 9.71. The number of anilines is 1. The van der Waals surface area contributed by atoms with Gasteiger partial charge in [0.1, 0.15) is 11.5 Å². The lowest BCUT2D eigenvalue weighted by Gasteiger charge is -2.34. The summed E-state index contributed by atoms with van der Waals surface area (Å²) in [6.07, 6.45) is 0.550. The van der Waals surface area contributed by atoms with Gasteiger partial charge in [0, 0.05) is 13.5 Å². The predicted octanol–water partition coefficient (Wildman–Crippen LogP) is 1.15. The van der Waals surface area contributed by atoms with Gasteiger partial charge in [-0.2, -0.15) is 5.26 Å². The highest BCUT2D eigenvalue weighted by Crippen LogP contribution is 2.49. The Labute approximate surface area is 104 Å². The first-order valence-corrected chi connectivity index (χ1v) is 5.86. The average Bonchev–Trinajstić information content (AvgIpc) is 2.85. The predicted molar refractivity (Wildman–Crippen MR) is 63.4 cm³/mol. The Bertz CT molecular complexity index is 583. The molecule has 0 aliphatic carbocycles. The van der Waals surface area contributed by atoms with Gasteiger partial charge >= 0.3 is 0 Å². The molecule has 1 aromatic rings. The summed E-state index contributed by atoms with van der Waals surface area (Å²) in [5.74, 6) is 1.41. The van der Waals surface area contributed by atoms with E-state index < -0.39 is 5.41 Å². The minimum absolute atomic E-state index is 0.143. The second-order valence-corrected chi connectivity index (χ2v) is 4.67. The highest BCUT2D eigenvalue weighted by molar-refractivity contribution is 5.62. The number of nitrogens with zero attached hydrogens (tertiary/aromatic N) is 2. The van der Waals surface area contributed by atoms with E-state index in [0.29, 0.717) is 36.2 Å². The molecule has 3 rings (SSSR count). The Morgan fingerprint density at radius 1 is 1.61 bits per heavy atom. The van der Waals surface area contributed by atoms with Gasteiger partial charge in [0.05, 0.1) is 23.2 Å². The maximum absolute atomic E-state index is 9.40. The zero-order valence-electron chi connectivity index (χ0n) is 10.3. The molecular formula is C12H14N4O2. The zero-order valence-corrected chi connectivity index (χ0v) is 10.3. The van der Waals surface area contributed by atoms with Gasteiger partial charge in [-0.15, -0.1) is 0 Å². The number of aromatic nitrogens is 1. The maximum Gasteiger partial charge on any atom is 0.223 e. The fourth-order valence-electron chi connectivity index (χ4n) is 2.90. The van der Waals surface area contributed by atoms with Gasteiger partial charge in [-0.3, -0.25) is 0 Å². The summed E-state index contributed by atoms with van der Waals surface area (Å²) in [5, 5.41) is 12.3. The first-order valence-electron chi connectivity index (χ1n) is 5.86. The van der Waals surface area contributed by atoms with Crippen molar-refractivity contribution in [1.29, 1.82) is 5.26 Å². The van der Waals surface area contributed by atoms with Gasteiger partial charge in [0.2, 0.25) is 5.88 Å². The fourth-order valence-corrected chi connectivity index (χ4v) is 2.90. The molecule has 1 fully saturated rings. The number of rotatable bonds is 0. The summed E-state index contributed by atoms with van der Waals surface area (Å²) >= 11 is 0. The van der Waals surface area contributed by atoms with Crippen LogP contribution in [0.15, 0.2) is 15.8 Å². The third-order valence-electron chi connectivity index (χ3n) is 3.79. The maximum atomic E-state index is 9.40. The number of hydrogen-bond donors (Lipinski definition) is 2. The Morgan fingerprint density at radius 3 is 3.00 bits per heavy atom. The molecule has 0 amide bonds. The van der Waals surface area contributed by atoms with Crippen molar-refractivity contribution < 1.29 is 9.15 Å². The molecule has 1 saturated heterocycles. The van der Waals surface area contributed by atoms with Gasteiger partial charge in [-0.1, -0.05) is 0 Å². The molecule has 94 valence electrons. The molecule has 2 atom stereocenters. The van der Waals surface area contributed by atoms with Gasteiger partial charge < -0.3 is 20.2 Å². The molecule has 0 saturated carbocycles. The number of nitriles is 1. The summed E-state index contributed by atoms with van der Waals surface area (Å²) in [5.41, 5.74) is 6.59. The van der Waals surface area contributed by atoms with E-state index >= 15 is 0 Å². The molecule has 2 aliphatic rings. The molecule has 0 bridgehead atoms. The number of nitrogens with two attached hydrogens (primary N) is 1. The second-order valence-electron chi connectivity index (χ2n) is 4.67. The van der Waals surface area contributed by atoms with E-state index in [2.05, 4.69) is 16.4 Å². The minimum Gasteiger partial charge on any atom is -0.425 e. The molecular weight excluding hydrogens is 232 g/mol. The molecule has 1 aromatic heterocycles. The molecule has 18 heavy (non-hydrogen) atoms. The van der Waals surface area contributed by atoms with Crippen molar-refractivity contribution in [2.24, 2.45) is 5.73 Å². The van der Waals surface area contributed by atoms with Crippen molar-refractivity contribution in [2.75, 3.05) is 11.9 Å². The molecule has 0 aromatic carbocycles. The van der Waals surface area contributed by atoms with Crippen LogP contribution in [0.5, 0.6) is 0 Å². The number of nitrogens with one attached hydrogen (secondary N) is 1. The highest BCUT2D eigenvalue weighted by Gasteiger charge is 2.53. The van der Waals surface area contributed by atoms with E-state index in [1.807, 2.05) is 6.92 Å². The number of aryl methyl sites for hydroxylation is 1. The van der Waals surface area contributed by atoms with E-state index in [0.717, 1.165) is 5.69 Å². The second kappa shape index (κ2) is 3.50. The fraction of sp³-hybridized carbons (Fsp3) is 0.500. The van der Waals surface area contributed by atoms with Crippen molar-refractivity contribution in [1.82, 2.24) is 4.98 Å². The number of hydrogen-bond acceptors (Lipinski definition) is 6. The van der Waals surface area contributed by atoms with Gasteiger partial charge in [-0.25, -0.2) is 4.98 Å². The summed E-state index contributed by atoms with van der Waals surface area (Å²) in [6.45, 7) is 4.30. The molecule has 2 aliphatic heterocycles. The van der Waals surface area contributed by atoms with E-state index in [4.69, 9.17) is 14.9 Å². The van der Waals surface area contributed by atoms with E-state index in [1.165, 1.54) is 0 Å². The van der Waals surface area contributed by atoms with Crippen LogP contribution in [-0.4, -0.2) is 17.7 Å². The van der Waals surface area contributed by atoms with Crippen LogP contribution < -0.4 is 11.1 Å². The lowest BCUT2D eigenvalue weighted by Crippen LogP contribution is -2.41. The van der Waals surface area contributed by atoms with Gasteiger partial charge in [-0.05, 0) is 13.3 Å². The number of fused-ring (bicyclic) bond motifs is 2. The standard InChI is InChI=1S/C12H14N4O2/c1-6-12(3-4-17-6)8(5-13)10(14)16-11-9(12)15-7(2)18-11/h6,16H,3-4,14H2,1-2H3. The first-order chi connectivity index (χ1) is 8.59. The van der Waals surface area contributed by atoms with Crippen molar-refractivity contribution >= 4 is 5.88 Å². The molecule has 2 unspecified atom stereocenters. The smallest absolute Gasteiger partial charge is 0.223 e. The topological polar surface area (TPSA) is 97.1 Å². The van der Waals surface area contributed by atoms with Crippen LogP contribution in [0.1, 0.15) is 24.9 Å². The molecule has 3 N–H and O–H groups in total. The monoisotopic (exact) mass is 246 g/mol. The molecule has 6 heteroatoms. The van der Waals surface area contributed by atoms with Crippen molar-refractivity contribution in [2.45, 2.75) is 31.8 Å². The van der Waals surface area contributed by atoms with E-state index in [1.54, 1.807) is 6.92 Å². The summed E-state index contributed by atoms with van der Waals surface area (Å²) in [4.78, 5) is 4.42. The van der Waals surface area contributed by atoms with Crippen LogP contribution in [0.25, 0.3) is 0 Å². The average molecular weight is 246 g/mol. The normalized spacial score (nSPS) is 30.2. The summed E-state index contributed by atoms with van der Waals surface area (Å²) < 4.78 is 11.1.